The summed E-state index contributed by atoms with van der Waals surface area (Å²) in [4.78, 5) is 13.6. The van der Waals surface area contributed by atoms with Crippen LogP contribution in [0, 0.1) is 10.7 Å². The van der Waals surface area contributed by atoms with Crippen molar-refractivity contribution >= 4 is 29.5 Å². The van der Waals surface area contributed by atoms with Crippen LogP contribution < -0.4 is 5.32 Å². The number of hydrogen-bond acceptors (Lipinski definition) is 4. The maximum absolute atomic E-state index is 12.6. The lowest BCUT2D eigenvalue weighted by Gasteiger charge is -2.23. The first-order valence-electron chi connectivity index (χ1n) is 7.46. The van der Waals surface area contributed by atoms with E-state index in [0.717, 1.165) is 11.3 Å². The van der Waals surface area contributed by atoms with Gasteiger partial charge < -0.3 is 5.32 Å². The zero-order valence-electron chi connectivity index (χ0n) is 13.3. The van der Waals surface area contributed by atoms with Gasteiger partial charge in [-0.25, -0.2) is 0 Å². The van der Waals surface area contributed by atoms with Crippen LogP contribution in [0.25, 0.3) is 10.7 Å². The number of hydrogen-bond donors (Lipinski definition) is 2. The second-order valence-corrected chi connectivity index (χ2v) is 6.98. The quantitative estimate of drug-likeness (QED) is 0.788. The molecule has 0 saturated heterocycles. The molecule has 2 aromatic heterocycles. The van der Waals surface area contributed by atoms with Crippen LogP contribution in [0.5, 0.6) is 0 Å². The van der Waals surface area contributed by atoms with Crippen molar-refractivity contribution in [2.24, 2.45) is 5.92 Å². The molecular weight excluding hydrogens is 316 g/mol. The van der Waals surface area contributed by atoms with Crippen molar-refractivity contribution in [3.63, 3.8) is 0 Å². The van der Waals surface area contributed by atoms with Gasteiger partial charge in [-0.2, -0.15) is 5.10 Å². The summed E-state index contributed by atoms with van der Waals surface area (Å²) in [6, 6.07) is 3.69. The van der Waals surface area contributed by atoms with Gasteiger partial charge in [0.2, 0.25) is 5.91 Å². The van der Waals surface area contributed by atoms with E-state index in [9.17, 15) is 4.79 Å². The lowest BCUT2D eigenvalue weighted by molar-refractivity contribution is -0.124. The fraction of sp³-hybridized carbons (Fsp3) is 0.533. The molecule has 5 nitrogen and oxygen atoms in total. The van der Waals surface area contributed by atoms with Crippen LogP contribution in [-0.4, -0.2) is 26.7 Å². The van der Waals surface area contributed by atoms with E-state index >= 15 is 0 Å². The van der Waals surface area contributed by atoms with Gasteiger partial charge in [-0.1, -0.05) is 26.8 Å². The molecule has 2 N–H and O–H groups in total. The largest absolute Gasteiger partial charge is 0.351 e. The highest BCUT2D eigenvalue weighted by Gasteiger charge is 2.23. The van der Waals surface area contributed by atoms with E-state index in [1.165, 1.54) is 0 Å². The van der Waals surface area contributed by atoms with E-state index in [2.05, 4.69) is 36.3 Å². The minimum atomic E-state index is -0.406. The van der Waals surface area contributed by atoms with Crippen molar-refractivity contribution in [1.82, 2.24) is 20.1 Å². The molecule has 0 bridgehead atoms. The van der Waals surface area contributed by atoms with Crippen molar-refractivity contribution in [1.29, 1.82) is 0 Å². The normalized spacial score (nSPS) is 14.0. The van der Waals surface area contributed by atoms with E-state index < -0.39 is 6.04 Å². The summed E-state index contributed by atoms with van der Waals surface area (Å²) in [5.74, 6) is 1.08. The summed E-state index contributed by atoms with van der Waals surface area (Å²) in [5, 5.41) is 12.2. The van der Waals surface area contributed by atoms with Gasteiger partial charge in [0.25, 0.3) is 0 Å². The molecule has 1 amide bonds. The highest BCUT2D eigenvalue weighted by atomic mass is 32.1. The van der Waals surface area contributed by atoms with Crippen molar-refractivity contribution < 1.29 is 4.79 Å². The molecule has 0 unspecified atom stereocenters. The molecule has 2 heterocycles. The predicted octanol–water partition coefficient (Wildman–Crippen LogP) is 3.78. The van der Waals surface area contributed by atoms with Crippen molar-refractivity contribution in [3.05, 3.63) is 22.3 Å². The van der Waals surface area contributed by atoms with Crippen LogP contribution in [0.4, 0.5) is 0 Å². The monoisotopic (exact) mass is 338 g/mol. The molecule has 2 atom stereocenters. The lowest BCUT2D eigenvalue weighted by Crippen LogP contribution is -2.41. The van der Waals surface area contributed by atoms with Crippen LogP contribution >= 0.6 is 23.6 Å². The predicted molar refractivity (Wildman–Crippen MR) is 92.5 cm³/mol. The average molecular weight is 339 g/mol. The van der Waals surface area contributed by atoms with E-state index in [-0.39, 0.29) is 11.9 Å². The van der Waals surface area contributed by atoms with Crippen molar-refractivity contribution in [2.45, 2.75) is 46.2 Å². The van der Waals surface area contributed by atoms with Gasteiger partial charge in [0, 0.05) is 6.04 Å². The number of aromatic nitrogens is 3. The van der Waals surface area contributed by atoms with Crippen molar-refractivity contribution in [2.75, 3.05) is 0 Å². The zero-order valence-corrected chi connectivity index (χ0v) is 14.9. The minimum absolute atomic E-state index is 0.0316. The van der Waals surface area contributed by atoms with Gasteiger partial charge in [-0.3, -0.25) is 14.5 Å². The van der Waals surface area contributed by atoms with Gasteiger partial charge in [0.05, 0.1) is 4.88 Å². The van der Waals surface area contributed by atoms with E-state index in [1.807, 2.05) is 24.4 Å². The lowest BCUT2D eigenvalue weighted by atomic mass is 10.0. The Bertz CT molecular complexity index is 672. The zero-order chi connectivity index (χ0) is 16.3. The molecule has 0 radical (unpaired) electrons. The Labute approximate surface area is 139 Å². The Hall–Kier alpha value is -1.47. The highest BCUT2D eigenvalue weighted by molar-refractivity contribution is 7.71. The number of thiophene rings is 1. The van der Waals surface area contributed by atoms with Gasteiger partial charge in [0.15, 0.2) is 10.6 Å². The first kappa shape index (κ1) is 16.9. The molecule has 2 rings (SSSR count). The number of nitrogens with one attached hydrogen (secondary N) is 2. The highest BCUT2D eigenvalue weighted by Crippen LogP contribution is 2.25. The number of nitrogens with zero attached hydrogens (tertiary/aromatic N) is 2. The van der Waals surface area contributed by atoms with Crippen molar-refractivity contribution in [3.8, 4) is 10.7 Å². The molecule has 0 aliphatic heterocycles. The third kappa shape index (κ3) is 3.47. The second-order valence-electron chi connectivity index (χ2n) is 5.64. The minimum Gasteiger partial charge on any atom is -0.351 e. The maximum atomic E-state index is 12.6. The Morgan fingerprint density at radius 2 is 2.23 bits per heavy atom. The third-order valence-corrected chi connectivity index (χ3v) is 4.94. The molecular formula is C15H22N4OS2. The standard InChI is InChI=1S/C15H22N4OS2/c1-5-11(9(2)3)16-14(20)10(4)19-13(17-18-15(19)21)12-7-6-8-22-12/h6-11H,5H2,1-4H3,(H,16,20)(H,18,21)/t10-,11-/m1/s1. The number of rotatable bonds is 6. The Morgan fingerprint density at radius 3 is 2.77 bits per heavy atom. The van der Waals surface area contributed by atoms with Gasteiger partial charge in [0.1, 0.15) is 6.04 Å². The van der Waals surface area contributed by atoms with Crippen LogP contribution in [0.2, 0.25) is 0 Å². The topological polar surface area (TPSA) is 62.7 Å². The van der Waals surface area contributed by atoms with Gasteiger partial charge in [-0.05, 0) is 42.9 Å². The van der Waals surface area contributed by atoms with Crippen LogP contribution in [0.15, 0.2) is 17.5 Å². The summed E-state index contributed by atoms with van der Waals surface area (Å²) in [6.45, 7) is 8.15. The summed E-state index contributed by atoms with van der Waals surface area (Å²) in [5.41, 5.74) is 0. The molecule has 2 aromatic rings. The van der Waals surface area contributed by atoms with Crippen LogP contribution in [-0.2, 0) is 4.79 Å². The molecule has 7 heteroatoms. The fourth-order valence-corrected chi connectivity index (χ4v) is 3.40. The second kappa shape index (κ2) is 7.19. The molecule has 22 heavy (non-hydrogen) atoms. The maximum Gasteiger partial charge on any atom is 0.243 e. The average Bonchev–Trinajstić information content (AvgIpc) is 3.12. The van der Waals surface area contributed by atoms with Gasteiger partial charge in [-0.15, -0.1) is 11.3 Å². The summed E-state index contributed by atoms with van der Waals surface area (Å²) in [6.07, 6.45) is 0.907. The van der Waals surface area contributed by atoms with Crippen LogP contribution in [0.3, 0.4) is 0 Å². The summed E-state index contributed by atoms with van der Waals surface area (Å²) < 4.78 is 2.24. The molecule has 120 valence electrons. The number of carbonyl (C=O) groups is 1. The SMILES string of the molecule is CC[C@@H](NC(=O)[C@@H](C)n1c(-c2cccs2)n[nH]c1=S)C(C)C. The Kier molecular flexibility index (Phi) is 5.52. The molecule has 0 fully saturated rings. The number of carbonyl (C=O) groups excluding carboxylic acids is 1. The molecule has 0 aliphatic rings. The molecule has 0 saturated carbocycles. The van der Waals surface area contributed by atoms with E-state index in [0.29, 0.717) is 16.5 Å². The van der Waals surface area contributed by atoms with E-state index in [4.69, 9.17) is 12.2 Å². The fourth-order valence-electron chi connectivity index (χ4n) is 2.40. The summed E-state index contributed by atoms with van der Waals surface area (Å²) in [7, 11) is 0. The number of H-pyrrole nitrogens is 1. The molecule has 0 aromatic carbocycles. The molecule has 0 aliphatic carbocycles. The first-order valence-corrected chi connectivity index (χ1v) is 8.75. The third-order valence-electron chi connectivity index (χ3n) is 3.78. The Morgan fingerprint density at radius 1 is 1.50 bits per heavy atom. The first-order chi connectivity index (χ1) is 10.5. The Balaban J connectivity index is 2.26. The van der Waals surface area contributed by atoms with Crippen LogP contribution in [0.1, 0.15) is 40.2 Å². The van der Waals surface area contributed by atoms with E-state index in [1.54, 1.807) is 15.9 Å². The van der Waals surface area contributed by atoms with Gasteiger partial charge >= 0.3 is 0 Å². The summed E-state index contributed by atoms with van der Waals surface area (Å²) >= 11 is 6.88. The molecule has 0 spiro atoms. The number of aromatic amines is 1. The number of amides is 1. The smallest absolute Gasteiger partial charge is 0.243 e.